The molecule has 0 radical (unpaired) electrons. The zero-order valence-corrected chi connectivity index (χ0v) is 20.2. The molecular weight excluding hydrogens is 461 g/mol. The number of halogens is 1. The summed E-state index contributed by atoms with van der Waals surface area (Å²) in [5.74, 6) is -0.526. The van der Waals surface area contributed by atoms with Crippen molar-refractivity contribution in [2.45, 2.75) is 50.2 Å². The van der Waals surface area contributed by atoms with E-state index in [1.54, 1.807) is 26.8 Å². The third-order valence-corrected chi connectivity index (χ3v) is 6.70. The molecule has 0 saturated carbocycles. The third-order valence-electron chi connectivity index (χ3n) is 5.56. The lowest BCUT2D eigenvalue weighted by Gasteiger charge is -2.29. The van der Waals surface area contributed by atoms with Crippen molar-refractivity contribution in [2.24, 2.45) is 0 Å². The first-order chi connectivity index (χ1) is 15.9. The van der Waals surface area contributed by atoms with Gasteiger partial charge in [-0.05, 0) is 57.9 Å². The molecular formula is C24H26FN3O5S. The molecule has 34 heavy (non-hydrogen) atoms. The summed E-state index contributed by atoms with van der Waals surface area (Å²) < 4.78 is 46.4. The van der Waals surface area contributed by atoms with Gasteiger partial charge >= 0.3 is 6.09 Å². The molecule has 10 heteroatoms. The van der Waals surface area contributed by atoms with Crippen LogP contribution in [-0.4, -0.2) is 47.4 Å². The summed E-state index contributed by atoms with van der Waals surface area (Å²) in [4.78, 5) is 32.6. The summed E-state index contributed by atoms with van der Waals surface area (Å²) in [6.07, 6.45) is 1.56. The number of hydrogen-bond acceptors (Lipinski definition) is 6. The molecule has 2 heterocycles. The van der Waals surface area contributed by atoms with Gasteiger partial charge in [0, 0.05) is 12.8 Å². The van der Waals surface area contributed by atoms with Gasteiger partial charge in [-0.2, -0.15) is 0 Å². The highest BCUT2D eigenvalue weighted by Gasteiger charge is 2.37. The van der Waals surface area contributed by atoms with Crippen molar-refractivity contribution in [3.8, 4) is 5.69 Å². The summed E-state index contributed by atoms with van der Waals surface area (Å²) in [5, 5.41) is -0.126. The number of sulfone groups is 1. The molecule has 0 aliphatic carbocycles. The fourth-order valence-corrected chi connectivity index (χ4v) is 5.08. The van der Waals surface area contributed by atoms with Crippen LogP contribution < -0.4 is 5.56 Å². The first-order valence-electron chi connectivity index (χ1n) is 10.9. The Hall–Kier alpha value is -3.27. The molecule has 180 valence electrons. The molecule has 0 spiro atoms. The van der Waals surface area contributed by atoms with Gasteiger partial charge in [-0.1, -0.05) is 18.2 Å². The Bertz CT molecular complexity index is 1440. The van der Waals surface area contributed by atoms with E-state index in [1.165, 1.54) is 41.3 Å². The predicted molar refractivity (Wildman–Crippen MR) is 125 cm³/mol. The molecule has 3 aromatic rings. The Kier molecular flexibility index (Phi) is 5.97. The molecule has 0 bridgehead atoms. The van der Waals surface area contributed by atoms with Crippen LogP contribution in [0, 0.1) is 5.82 Å². The van der Waals surface area contributed by atoms with Gasteiger partial charge in [0.1, 0.15) is 17.2 Å². The zero-order valence-electron chi connectivity index (χ0n) is 19.4. The van der Waals surface area contributed by atoms with Crippen molar-refractivity contribution in [3.05, 3.63) is 64.5 Å². The van der Waals surface area contributed by atoms with E-state index >= 15 is 0 Å². The second-order valence-corrected chi connectivity index (χ2v) is 11.3. The maximum Gasteiger partial charge on any atom is 0.410 e. The fourth-order valence-electron chi connectivity index (χ4n) is 4.19. The van der Waals surface area contributed by atoms with Gasteiger partial charge in [0.15, 0.2) is 9.84 Å². The number of para-hydroxylation sites is 1. The first-order valence-corrected chi connectivity index (χ1v) is 12.8. The number of benzene rings is 2. The van der Waals surface area contributed by atoms with E-state index in [4.69, 9.17) is 4.74 Å². The average molecular weight is 488 g/mol. The maximum absolute atomic E-state index is 14.9. The lowest BCUT2D eigenvalue weighted by molar-refractivity contribution is 0.0216. The quantitative estimate of drug-likeness (QED) is 0.554. The molecule has 1 aliphatic heterocycles. The van der Waals surface area contributed by atoms with Crippen molar-refractivity contribution in [3.63, 3.8) is 0 Å². The molecule has 1 aliphatic rings. The number of carbonyl (C=O) groups excluding carboxylic acids is 1. The van der Waals surface area contributed by atoms with E-state index in [9.17, 15) is 22.4 Å². The van der Waals surface area contributed by atoms with Crippen LogP contribution in [-0.2, 0) is 14.6 Å². The molecule has 1 fully saturated rings. The second-order valence-electron chi connectivity index (χ2n) is 9.32. The third kappa shape index (κ3) is 4.42. The van der Waals surface area contributed by atoms with Crippen LogP contribution in [0.1, 0.15) is 45.5 Å². The van der Waals surface area contributed by atoms with Crippen LogP contribution in [0.5, 0.6) is 0 Å². The number of carbonyl (C=O) groups is 1. The summed E-state index contributed by atoms with van der Waals surface area (Å²) in [5.41, 5.74) is -1.36. The van der Waals surface area contributed by atoms with Crippen molar-refractivity contribution in [1.82, 2.24) is 14.5 Å². The van der Waals surface area contributed by atoms with E-state index < -0.39 is 38.9 Å². The van der Waals surface area contributed by atoms with Crippen molar-refractivity contribution < 1.29 is 22.3 Å². The SMILES string of the molecule is CC(C)(C)OC(=O)N1CCC[C@H]1c1nc2cccc(S(C)(=O)=O)c2c(=O)n1-c1ccccc1F. The Balaban J connectivity index is 2.02. The van der Waals surface area contributed by atoms with Gasteiger partial charge < -0.3 is 4.74 Å². The molecule has 1 atom stereocenters. The van der Waals surface area contributed by atoms with Crippen LogP contribution >= 0.6 is 0 Å². The predicted octanol–water partition coefficient (Wildman–Crippen LogP) is 4.00. The lowest BCUT2D eigenvalue weighted by atomic mass is 10.1. The first kappa shape index (κ1) is 23.9. The molecule has 0 unspecified atom stereocenters. The Morgan fingerprint density at radius 1 is 1.15 bits per heavy atom. The minimum Gasteiger partial charge on any atom is -0.444 e. The largest absolute Gasteiger partial charge is 0.444 e. The smallest absolute Gasteiger partial charge is 0.410 e. The number of amides is 1. The van der Waals surface area contributed by atoms with Crippen LogP contribution in [0.25, 0.3) is 16.6 Å². The minimum atomic E-state index is -3.77. The summed E-state index contributed by atoms with van der Waals surface area (Å²) >= 11 is 0. The Morgan fingerprint density at radius 2 is 1.85 bits per heavy atom. The van der Waals surface area contributed by atoms with Crippen LogP contribution in [0.3, 0.4) is 0 Å². The number of likely N-dealkylation sites (tertiary alicyclic amines) is 1. The van der Waals surface area contributed by atoms with Gasteiger partial charge in [0.2, 0.25) is 0 Å². The summed E-state index contributed by atoms with van der Waals surface area (Å²) in [6, 6.07) is 9.39. The summed E-state index contributed by atoms with van der Waals surface area (Å²) in [7, 11) is -3.77. The van der Waals surface area contributed by atoms with Crippen LogP contribution in [0.15, 0.2) is 52.2 Å². The van der Waals surface area contributed by atoms with Gasteiger partial charge in [-0.15, -0.1) is 0 Å². The van der Waals surface area contributed by atoms with Gasteiger partial charge in [-0.25, -0.2) is 22.6 Å². The van der Waals surface area contributed by atoms with Gasteiger partial charge in [0.25, 0.3) is 5.56 Å². The minimum absolute atomic E-state index is 0.0729. The highest BCUT2D eigenvalue weighted by molar-refractivity contribution is 7.91. The van der Waals surface area contributed by atoms with E-state index in [0.717, 1.165) is 10.8 Å². The zero-order chi connectivity index (χ0) is 24.8. The molecule has 0 N–H and O–H groups in total. The fraction of sp³-hybridized carbons (Fsp3) is 0.375. The van der Waals surface area contributed by atoms with Crippen LogP contribution in [0.4, 0.5) is 9.18 Å². The molecule has 2 aromatic carbocycles. The molecule has 1 aromatic heterocycles. The van der Waals surface area contributed by atoms with Crippen molar-refractivity contribution in [1.29, 1.82) is 0 Å². The molecule has 1 amide bonds. The second kappa shape index (κ2) is 8.50. The van der Waals surface area contributed by atoms with Gasteiger partial charge in [-0.3, -0.25) is 14.3 Å². The number of aromatic nitrogens is 2. The van der Waals surface area contributed by atoms with Crippen molar-refractivity contribution in [2.75, 3.05) is 12.8 Å². The standard InChI is InChI=1S/C24H26FN3O5S/c1-24(2,3)33-23(30)27-14-8-12-18(27)21-26-16-10-7-13-19(34(4,31)32)20(16)22(29)28(21)17-11-6-5-9-15(17)25/h5-7,9-11,13,18H,8,12,14H2,1-4H3/t18-/m0/s1. The number of rotatable bonds is 3. The van der Waals surface area contributed by atoms with E-state index in [0.29, 0.717) is 19.4 Å². The number of ether oxygens (including phenoxy) is 1. The molecule has 4 rings (SSSR count). The number of nitrogens with zero attached hydrogens (tertiary/aromatic N) is 3. The number of hydrogen-bond donors (Lipinski definition) is 0. The highest BCUT2D eigenvalue weighted by Crippen LogP contribution is 2.34. The molecule has 1 saturated heterocycles. The summed E-state index contributed by atoms with van der Waals surface area (Å²) in [6.45, 7) is 5.65. The monoisotopic (exact) mass is 487 g/mol. The Labute approximate surface area is 196 Å². The van der Waals surface area contributed by atoms with Gasteiger partial charge in [0.05, 0.1) is 27.5 Å². The average Bonchev–Trinajstić information content (AvgIpc) is 3.22. The van der Waals surface area contributed by atoms with E-state index in [1.807, 2.05) is 0 Å². The van der Waals surface area contributed by atoms with Crippen LogP contribution in [0.2, 0.25) is 0 Å². The van der Waals surface area contributed by atoms with Crippen molar-refractivity contribution >= 4 is 26.8 Å². The topological polar surface area (TPSA) is 98.6 Å². The number of fused-ring (bicyclic) bond motifs is 1. The Morgan fingerprint density at radius 3 is 2.50 bits per heavy atom. The lowest BCUT2D eigenvalue weighted by Crippen LogP contribution is -2.39. The maximum atomic E-state index is 14.9. The van der Waals surface area contributed by atoms with E-state index in [2.05, 4.69) is 4.98 Å². The molecule has 8 nitrogen and oxygen atoms in total. The highest BCUT2D eigenvalue weighted by atomic mass is 32.2. The van der Waals surface area contributed by atoms with E-state index in [-0.39, 0.29) is 27.3 Å². The normalized spacial score (nSPS) is 16.7.